The van der Waals surface area contributed by atoms with Crippen LogP contribution in [0.4, 0.5) is 8.78 Å². The van der Waals surface area contributed by atoms with Crippen LogP contribution in [0.5, 0.6) is 0 Å². The summed E-state index contributed by atoms with van der Waals surface area (Å²) in [6.45, 7) is 0. The third-order valence-corrected chi connectivity index (χ3v) is 7.69. The van der Waals surface area contributed by atoms with Gasteiger partial charge in [0.05, 0.1) is 26.2 Å². The summed E-state index contributed by atoms with van der Waals surface area (Å²) in [5, 5.41) is 11.5. The molecule has 6 heteroatoms. The van der Waals surface area contributed by atoms with Gasteiger partial charge in [-0.05, 0) is 41.8 Å². The number of carbonyl (C=O) groups is 1. The van der Waals surface area contributed by atoms with Crippen molar-refractivity contribution in [3.8, 4) is 0 Å². The van der Waals surface area contributed by atoms with Crippen LogP contribution in [0.2, 0.25) is 0 Å². The first-order chi connectivity index (χ1) is 14.2. The van der Waals surface area contributed by atoms with Crippen LogP contribution in [-0.4, -0.2) is 47.8 Å². The molecule has 30 heavy (non-hydrogen) atoms. The summed E-state index contributed by atoms with van der Waals surface area (Å²) in [5.41, 5.74) is -1.75. The highest BCUT2D eigenvalue weighted by molar-refractivity contribution is 5.85. The highest BCUT2D eigenvalue weighted by atomic mass is 19.1. The third kappa shape index (κ3) is 2.88. The van der Waals surface area contributed by atoms with Gasteiger partial charge in [-0.2, -0.15) is 0 Å². The first-order valence-corrected chi connectivity index (χ1v) is 10.5. The number of quaternary nitrogens is 1. The number of hydrogen-bond donors (Lipinski definition) is 1. The first kappa shape index (κ1) is 19.6. The van der Waals surface area contributed by atoms with E-state index in [1.807, 2.05) is 0 Å². The van der Waals surface area contributed by atoms with Gasteiger partial charge in [-0.25, -0.2) is 13.6 Å². The quantitative estimate of drug-likeness (QED) is 0.617. The molecule has 5 atom stereocenters. The standard InChI is InChI=1S/C24H26F2NO3/c1-27(2)21-11-18(12-22(27)20-13-19(20)21)30-23(28)24(29,14-3-7-16(25)8-4-14)15-5-9-17(26)10-6-15/h3-10,18-22,29H,11-13H2,1-2H3/q+1/t18?,19-,20?,21-,22?/m0/s1. The lowest BCUT2D eigenvalue weighted by atomic mass is 9.86. The molecule has 1 aliphatic carbocycles. The summed E-state index contributed by atoms with van der Waals surface area (Å²) in [6.07, 6.45) is 2.56. The topological polar surface area (TPSA) is 46.5 Å². The van der Waals surface area contributed by atoms with Crippen LogP contribution in [-0.2, 0) is 15.1 Å². The van der Waals surface area contributed by atoms with Gasteiger partial charge in [0.1, 0.15) is 17.7 Å². The second-order valence-electron chi connectivity index (χ2n) is 9.55. The Morgan fingerprint density at radius 3 is 1.77 bits per heavy atom. The van der Waals surface area contributed by atoms with Crippen LogP contribution in [0.3, 0.4) is 0 Å². The van der Waals surface area contributed by atoms with Crippen LogP contribution in [0, 0.1) is 23.5 Å². The van der Waals surface area contributed by atoms with E-state index in [4.69, 9.17) is 4.74 Å². The van der Waals surface area contributed by atoms with Crippen molar-refractivity contribution in [3.63, 3.8) is 0 Å². The fourth-order valence-corrected chi connectivity index (χ4v) is 6.00. The summed E-state index contributed by atoms with van der Waals surface area (Å²) >= 11 is 0. The van der Waals surface area contributed by atoms with Crippen molar-refractivity contribution in [2.24, 2.45) is 11.8 Å². The van der Waals surface area contributed by atoms with Crippen molar-refractivity contribution in [3.05, 3.63) is 71.3 Å². The Morgan fingerprint density at radius 2 is 1.33 bits per heavy atom. The lowest BCUT2D eigenvalue weighted by molar-refractivity contribution is -0.937. The summed E-state index contributed by atoms with van der Waals surface area (Å²) in [6, 6.07) is 11.1. The zero-order chi connectivity index (χ0) is 21.3. The van der Waals surface area contributed by atoms with Gasteiger partial charge in [0.2, 0.25) is 5.60 Å². The number of ether oxygens (including phenoxy) is 1. The second-order valence-corrected chi connectivity index (χ2v) is 9.55. The van der Waals surface area contributed by atoms with Gasteiger partial charge in [0, 0.05) is 24.7 Å². The van der Waals surface area contributed by atoms with Crippen molar-refractivity contribution < 1.29 is 27.9 Å². The summed E-state index contributed by atoms with van der Waals surface area (Å²) in [4.78, 5) is 13.3. The van der Waals surface area contributed by atoms with Crippen molar-refractivity contribution in [2.75, 3.05) is 14.1 Å². The molecule has 0 amide bonds. The fraction of sp³-hybridized carbons (Fsp3) is 0.458. The Hall–Kier alpha value is -2.31. The molecule has 0 spiro atoms. The van der Waals surface area contributed by atoms with Crippen molar-refractivity contribution in [2.45, 2.75) is 43.1 Å². The Labute approximate surface area is 174 Å². The lowest BCUT2D eigenvalue weighted by Gasteiger charge is -2.46. The fourth-order valence-electron chi connectivity index (χ4n) is 6.00. The molecule has 158 valence electrons. The smallest absolute Gasteiger partial charge is 0.347 e. The van der Waals surface area contributed by atoms with Gasteiger partial charge >= 0.3 is 5.97 Å². The van der Waals surface area contributed by atoms with Gasteiger partial charge in [-0.3, -0.25) is 0 Å². The average molecular weight is 414 g/mol. The molecule has 3 unspecified atom stereocenters. The molecule has 3 aliphatic rings. The van der Waals surface area contributed by atoms with Crippen LogP contribution < -0.4 is 0 Å². The summed E-state index contributed by atoms with van der Waals surface area (Å²) < 4.78 is 33.8. The Bertz CT molecular complexity index is 907. The molecule has 1 N–H and O–H groups in total. The number of carbonyl (C=O) groups excluding carboxylic acids is 1. The van der Waals surface area contributed by atoms with Crippen molar-refractivity contribution in [1.82, 2.24) is 0 Å². The second kappa shape index (κ2) is 6.59. The van der Waals surface area contributed by atoms with E-state index in [2.05, 4.69) is 14.1 Å². The molecule has 2 aliphatic heterocycles. The molecule has 2 saturated heterocycles. The van der Waals surface area contributed by atoms with Gasteiger partial charge in [0.25, 0.3) is 0 Å². The van der Waals surface area contributed by atoms with E-state index in [1.54, 1.807) is 0 Å². The van der Waals surface area contributed by atoms with E-state index in [9.17, 15) is 18.7 Å². The maximum Gasteiger partial charge on any atom is 0.347 e. The number of halogens is 2. The van der Waals surface area contributed by atoms with E-state index >= 15 is 0 Å². The maximum atomic E-state index is 13.5. The van der Waals surface area contributed by atoms with Gasteiger partial charge in [0.15, 0.2) is 0 Å². The van der Waals surface area contributed by atoms with Crippen LogP contribution in [0.25, 0.3) is 0 Å². The zero-order valence-electron chi connectivity index (χ0n) is 17.1. The molecule has 2 heterocycles. The number of nitrogens with zero attached hydrogens (tertiary/aromatic N) is 1. The molecule has 5 rings (SSSR count). The normalized spacial score (nSPS) is 31.2. The number of aliphatic hydroxyl groups is 1. The van der Waals surface area contributed by atoms with E-state index in [0.717, 1.165) is 17.3 Å². The van der Waals surface area contributed by atoms with Crippen LogP contribution in [0.1, 0.15) is 30.4 Å². The molecule has 2 bridgehead atoms. The number of benzene rings is 2. The molecule has 2 aromatic carbocycles. The van der Waals surface area contributed by atoms with Gasteiger partial charge in [-0.1, -0.05) is 24.3 Å². The predicted octanol–water partition coefficient (Wildman–Crippen LogP) is 3.37. The molecule has 1 saturated carbocycles. The molecule has 3 fully saturated rings. The number of rotatable bonds is 4. The minimum absolute atomic E-state index is 0.193. The molecular formula is C24H26F2NO3+. The number of esters is 1. The SMILES string of the molecule is C[N+]1(C)C2CC(OC(=O)C(O)(c3ccc(F)cc3)c3ccc(F)cc3)C[C@H]1[C@H]1CC21. The van der Waals surface area contributed by atoms with E-state index < -0.39 is 23.2 Å². The van der Waals surface area contributed by atoms with E-state index in [0.29, 0.717) is 23.9 Å². The van der Waals surface area contributed by atoms with E-state index in [1.165, 1.54) is 55.0 Å². The molecular weight excluding hydrogens is 388 g/mol. The van der Waals surface area contributed by atoms with Gasteiger partial charge < -0.3 is 14.3 Å². The molecule has 4 nitrogen and oxygen atoms in total. The largest absolute Gasteiger partial charge is 0.459 e. The molecule has 2 aromatic rings. The average Bonchev–Trinajstić information content (AvgIpc) is 3.47. The summed E-state index contributed by atoms with van der Waals surface area (Å²) in [7, 11) is 4.51. The Morgan fingerprint density at radius 1 is 0.900 bits per heavy atom. The Kier molecular flexibility index (Phi) is 4.32. The van der Waals surface area contributed by atoms with Gasteiger partial charge in [-0.15, -0.1) is 0 Å². The van der Waals surface area contributed by atoms with Crippen LogP contribution >= 0.6 is 0 Å². The van der Waals surface area contributed by atoms with Crippen molar-refractivity contribution >= 4 is 5.97 Å². The highest BCUT2D eigenvalue weighted by Crippen LogP contribution is 2.61. The molecule has 0 radical (unpaired) electrons. The minimum Gasteiger partial charge on any atom is -0.459 e. The third-order valence-electron chi connectivity index (χ3n) is 7.69. The highest BCUT2D eigenvalue weighted by Gasteiger charge is 2.68. The maximum absolute atomic E-state index is 13.5. The predicted molar refractivity (Wildman–Crippen MR) is 106 cm³/mol. The molecule has 0 aromatic heterocycles. The monoisotopic (exact) mass is 414 g/mol. The minimum atomic E-state index is -2.13. The Balaban J connectivity index is 1.44. The lowest BCUT2D eigenvalue weighted by Crippen LogP contribution is -2.59. The zero-order valence-corrected chi connectivity index (χ0v) is 17.1. The summed E-state index contributed by atoms with van der Waals surface area (Å²) in [5.74, 6) is -0.331. The number of fused-ring (bicyclic) bond motifs is 5. The first-order valence-electron chi connectivity index (χ1n) is 10.5. The van der Waals surface area contributed by atoms with E-state index in [-0.39, 0.29) is 17.2 Å². The van der Waals surface area contributed by atoms with Crippen LogP contribution in [0.15, 0.2) is 48.5 Å². The number of piperidine rings is 2. The number of hydrogen-bond acceptors (Lipinski definition) is 3. The van der Waals surface area contributed by atoms with Crippen molar-refractivity contribution in [1.29, 1.82) is 0 Å².